The van der Waals surface area contributed by atoms with Gasteiger partial charge in [-0.1, -0.05) is 13.8 Å². The second-order valence-electron chi connectivity index (χ2n) is 5.83. The summed E-state index contributed by atoms with van der Waals surface area (Å²) >= 11 is 0. The molecule has 0 atom stereocenters. The van der Waals surface area contributed by atoms with E-state index >= 15 is 0 Å². The number of alkyl halides is 2. The molecule has 0 unspecified atom stereocenters. The zero-order valence-corrected chi connectivity index (χ0v) is 13.0. The molecule has 5 nitrogen and oxygen atoms in total. The fraction of sp³-hybridized carbons (Fsp3) is 0.533. The minimum Gasteiger partial charge on any atom is -0.432 e. The van der Waals surface area contributed by atoms with E-state index in [0.29, 0.717) is 19.4 Å². The van der Waals surface area contributed by atoms with Gasteiger partial charge < -0.3 is 20.5 Å². The number of nitrogens with one attached hydrogen (secondary N) is 2. The Balaban J connectivity index is 2.51. The third kappa shape index (κ3) is 7.23. The lowest BCUT2D eigenvalue weighted by Crippen LogP contribution is -2.30. The van der Waals surface area contributed by atoms with Gasteiger partial charge in [0.05, 0.1) is 5.69 Å². The Hall–Kier alpha value is -1.96. The number of hydrogen-bond donors (Lipinski definition) is 3. The van der Waals surface area contributed by atoms with Crippen LogP contribution in [0.5, 0.6) is 5.75 Å². The third-order valence-corrected chi connectivity index (χ3v) is 3.15. The van der Waals surface area contributed by atoms with Crippen molar-refractivity contribution >= 4 is 11.7 Å². The number of urea groups is 1. The van der Waals surface area contributed by atoms with Gasteiger partial charge in [-0.3, -0.25) is 0 Å². The van der Waals surface area contributed by atoms with Gasteiger partial charge in [-0.2, -0.15) is 8.78 Å². The minimum absolute atomic E-state index is 0.0447. The van der Waals surface area contributed by atoms with E-state index in [0.717, 1.165) is 18.2 Å². The highest BCUT2D eigenvalue weighted by Crippen LogP contribution is 2.27. The molecule has 23 heavy (non-hydrogen) atoms. The van der Waals surface area contributed by atoms with Gasteiger partial charge in [-0.25, -0.2) is 9.18 Å². The molecule has 0 saturated carbocycles. The van der Waals surface area contributed by atoms with Crippen LogP contribution in [0.2, 0.25) is 0 Å². The van der Waals surface area contributed by atoms with Gasteiger partial charge >= 0.3 is 12.6 Å². The molecule has 0 radical (unpaired) electrons. The maximum absolute atomic E-state index is 13.1. The number of carbonyl (C=O) groups excluding carboxylic acids is 1. The Kier molecular flexibility index (Phi) is 7.15. The van der Waals surface area contributed by atoms with Gasteiger partial charge in [0, 0.05) is 19.2 Å². The van der Waals surface area contributed by atoms with Gasteiger partial charge in [0.1, 0.15) is 5.82 Å². The highest BCUT2D eigenvalue weighted by Gasteiger charge is 2.16. The SMILES string of the molecule is CC(C)(CO)CCCNC(=O)Nc1ccc(F)cc1OC(F)F. The molecule has 1 aromatic rings. The summed E-state index contributed by atoms with van der Waals surface area (Å²) in [4.78, 5) is 11.7. The number of hydrogen-bond acceptors (Lipinski definition) is 3. The zero-order valence-electron chi connectivity index (χ0n) is 13.0. The average Bonchev–Trinajstić information content (AvgIpc) is 2.46. The number of aliphatic hydroxyl groups is 1. The molecule has 0 heterocycles. The quantitative estimate of drug-likeness (QED) is 0.639. The molecule has 130 valence electrons. The largest absolute Gasteiger partial charge is 0.432 e. The molecule has 0 aromatic heterocycles. The first-order valence-electron chi connectivity index (χ1n) is 7.13. The minimum atomic E-state index is -3.12. The van der Waals surface area contributed by atoms with Gasteiger partial charge in [0.2, 0.25) is 0 Å². The number of carbonyl (C=O) groups is 1. The molecule has 0 bridgehead atoms. The van der Waals surface area contributed by atoms with E-state index < -0.39 is 24.2 Å². The zero-order chi connectivity index (χ0) is 17.5. The van der Waals surface area contributed by atoms with Crippen LogP contribution in [-0.4, -0.2) is 30.9 Å². The van der Waals surface area contributed by atoms with Crippen molar-refractivity contribution < 1.29 is 27.8 Å². The van der Waals surface area contributed by atoms with Crippen LogP contribution in [0.25, 0.3) is 0 Å². The third-order valence-electron chi connectivity index (χ3n) is 3.15. The van der Waals surface area contributed by atoms with Crippen molar-refractivity contribution in [3.05, 3.63) is 24.0 Å². The molecule has 0 aliphatic carbocycles. The number of benzene rings is 1. The summed E-state index contributed by atoms with van der Waals surface area (Å²) in [5.74, 6) is -1.20. The molecule has 8 heteroatoms. The standard InChI is InChI=1S/C15H21F3N2O3/c1-15(2,9-21)6-3-7-19-14(22)20-11-5-4-10(16)8-12(11)23-13(17)18/h4-5,8,13,21H,3,6-7,9H2,1-2H3,(H2,19,20,22). The normalized spacial score (nSPS) is 11.4. The fourth-order valence-electron chi connectivity index (χ4n) is 1.81. The molecule has 0 aliphatic heterocycles. The molecule has 0 spiro atoms. The van der Waals surface area contributed by atoms with Crippen LogP contribution in [0, 0.1) is 11.2 Å². The second-order valence-corrected chi connectivity index (χ2v) is 5.83. The number of aliphatic hydroxyl groups excluding tert-OH is 1. The maximum Gasteiger partial charge on any atom is 0.387 e. The molecule has 1 rings (SSSR count). The summed E-state index contributed by atoms with van der Waals surface area (Å²) < 4.78 is 41.8. The summed E-state index contributed by atoms with van der Waals surface area (Å²) in [5, 5.41) is 14.0. The number of ether oxygens (including phenoxy) is 1. The molecular weight excluding hydrogens is 313 g/mol. The maximum atomic E-state index is 13.1. The first kappa shape index (κ1) is 19.1. The van der Waals surface area contributed by atoms with E-state index in [9.17, 15) is 18.0 Å². The van der Waals surface area contributed by atoms with Crippen molar-refractivity contribution in [2.24, 2.45) is 5.41 Å². The van der Waals surface area contributed by atoms with Gasteiger partial charge in [0.25, 0.3) is 0 Å². The van der Waals surface area contributed by atoms with Crippen molar-refractivity contribution in [1.82, 2.24) is 5.32 Å². The van der Waals surface area contributed by atoms with Gasteiger partial charge in [-0.15, -0.1) is 0 Å². The fourth-order valence-corrected chi connectivity index (χ4v) is 1.81. The van der Waals surface area contributed by atoms with E-state index in [-0.39, 0.29) is 17.7 Å². The Bertz CT molecular complexity index is 525. The van der Waals surface area contributed by atoms with Crippen LogP contribution in [0.4, 0.5) is 23.7 Å². The summed E-state index contributed by atoms with van der Waals surface area (Å²) in [6.07, 6.45) is 1.35. The monoisotopic (exact) mass is 334 g/mol. The first-order chi connectivity index (χ1) is 10.7. The second kappa shape index (κ2) is 8.61. The van der Waals surface area contributed by atoms with Crippen molar-refractivity contribution in [2.75, 3.05) is 18.5 Å². The number of halogens is 3. The molecule has 0 fully saturated rings. The van der Waals surface area contributed by atoms with Crippen LogP contribution in [0.1, 0.15) is 26.7 Å². The smallest absolute Gasteiger partial charge is 0.387 e. The van der Waals surface area contributed by atoms with Crippen LogP contribution < -0.4 is 15.4 Å². The Morgan fingerprint density at radius 2 is 2.09 bits per heavy atom. The van der Waals surface area contributed by atoms with E-state index in [1.54, 1.807) is 0 Å². The van der Waals surface area contributed by atoms with Crippen LogP contribution in [0.3, 0.4) is 0 Å². The van der Waals surface area contributed by atoms with E-state index in [1.807, 2.05) is 13.8 Å². The molecule has 2 amide bonds. The highest BCUT2D eigenvalue weighted by atomic mass is 19.3. The Morgan fingerprint density at radius 3 is 2.70 bits per heavy atom. The van der Waals surface area contributed by atoms with Gasteiger partial charge in [-0.05, 0) is 30.4 Å². The summed E-state index contributed by atoms with van der Waals surface area (Å²) in [5.41, 5.74) is -0.284. The predicted molar refractivity (Wildman–Crippen MR) is 80.2 cm³/mol. The molecule has 3 N–H and O–H groups in total. The van der Waals surface area contributed by atoms with Crippen LogP contribution in [0.15, 0.2) is 18.2 Å². The Morgan fingerprint density at radius 1 is 1.39 bits per heavy atom. The Labute approximate surface area is 132 Å². The number of rotatable bonds is 8. The van der Waals surface area contributed by atoms with Crippen LogP contribution in [-0.2, 0) is 0 Å². The molecule has 1 aromatic carbocycles. The molecule has 0 aliphatic rings. The lowest BCUT2D eigenvalue weighted by atomic mass is 9.89. The van der Waals surface area contributed by atoms with Crippen LogP contribution >= 0.6 is 0 Å². The topological polar surface area (TPSA) is 70.6 Å². The van der Waals surface area contributed by atoms with Gasteiger partial charge in [0.15, 0.2) is 5.75 Å². The summed E-state index contributed by atoms with van der Waals surface area (Å²) in [7, 11) is 0. The van der Waals surface area contributed by atoms with E-state index in [2.05, 4.69) is 15.4 Å². The van der Waals surface area contributed by atoms with Crippen molar-refractivity contribution in [1.29, 1.82) is 0 Å². The predicted octanol–water partition coefficient (Wildman–Crippen LogP) is 3.35. The van der Waals surface area contributed by atoms with E-state index in [4.69, 9.17) is 5.11 Å². The molecular formula is C15H21F3N2O3. The highest BCUT2D eigenvalue weighted by molar-refractivity contribution is 5.90. The number of anilines is 1. The molecule has 0 saturated heterocycles. The first-order valence-corrected chi connectivity index (χ1v) is 7.13. The summed E-state index contributed by atoms with van der Waals surface area (Å²) in [6, 6.07) is 2.32. The van der Waals surface area contributed by atoms with E-state index in [1.165, 1.54) is 0 Å². The van der Waals surface area contributed by atoms with Crippen molar-refractivity contribution in [2.45, 2.75) is 33.3 Å². The lowest BCUT2D eigenvalue weighted by Gasteiger charge is -2.21. The average molecular weight is 334 g/mol. The van der Waals surface area contributed by atoms with Crippen molar-refractivity contribution in [3.8, 4) is 5.75 Å². The lowest BCUT2D eigenvalue weighted by molar-refractivity contribution is -0.0495. The number of amides is 2. The van der Waals surface area contributed by atoms with Crippen molar-refractivity contribution in [3.63, 3.8) is 0 Å². The summed E-state index contributed by atoms with van der Waals surface area (Å²) in [6.45, 7) is 1.07.